The third kappa shape index (κ3) is 2.09. The second-order valence-electron chi connectivity index (χ2n) is 4.62. The molecule has 0 unspecified atom stereocenters. The van der Waals surface area contributed by atoms with E-state index >= 15 is 0 Å². The first-order valence-corrected chi connectivity index (χ1v) is 6.33. The predicted molar refractivity (Wildman–Crippen MR) is 69.0 cm³/mol. The molecule has 0 aliphatic carbocycles. The van der Waals surface area contributed by atoms with E-state index in [-0.39, 0.29) is 5.91 Å². The van der Waals surface area contributed by atoms with Crippen LogP contribution < -0.4 is 5.43 Å². The molecule has 2 heterocycles. The van der Waals surface area contributed by atoms with Gasteiger partial charge < -0.3 is 0 Å². The number of aromatic nitrogens is 2. The van der Waals surface area contributed by atoms with E-state index in [4.69, 9.17) is 0 Å². The molecule has 1 aliphatic rings. The number of fused-ring (bicyclic) bond motifs is 1. The van der Waals surface area contributed by atoms with Crippen LogP contribution in [0.25, 0.3) is 10.9 Å². The van der Waals surface area contributed by atoms with Crippen LogP contribution in [0.2, 0.25) is 0 Å². The average molecular weight is 244 g/mol. The molecule has 0 radical (unpaired) electrons. The third-order valence-corrected chi connectivity index (χ3v) is 3.32. The van der Waals surface area contributed by atoms with Gasteiger partial charge in [0.1, 0.15) is 5.52 Å². The van der Waals surface area contributed by atoms with Gasteiger partial charge in [-0.15, -0.1) is 0 Å². The number of carbonyl (C=O) groups excluding carboxylic acids is 1. The molecule has 1 aromatic carbocycles. The molecule has 2 aromatic rings. The van der Waals surface area contributed by atoms with Crippen LogP contribution in [0.4, 0.5) is 0 Å². The quantitative estimate of drug-likeness (QED) is 0.845. The molecule has 18 heavy (non-hydrogen) atoms. The van der Waals surface area contributed by atoms with E-state index in [9.17, 15) is 4.79 Å². The Kier molecular flexibility index (Phi) is 2.98. The first-order valence-electron chi connectivity index (χ1n) is 6.33. The van der Waals surface area contributed by atoms with Crippen molar-refractivity contribution in [3.8, 4) is 0 Å². The van der Waals surface area contributed by atoms with Crippen LogP contribution in [0.15, 0.2) is 24.4 Å². The maximum atomic E-state index is 12.2. The zero-order chi connectivity index (χ0) is 12.4. The fourth-order valence-electron chi connectivity index (χ4n) is 2.36. The highest BCUT2D eigenvalue weighted by atomic mass is 16.2. The topological polar surface area (TPSA) is 61.0 Å². The van der Waals surface area contributed by atoms with Gasteiger partial charge in [-0.2, -0.15) is 5.10 Å². The molecule has 1 saturated heterocycles. The van der Waals surface area contributed by atoms with Crippen LogP contribution in [0.1, 0.15) is 29.6 Å². The molecule has 1 amide bonds. The van der Waals surface area contributed by atoms with Crippen molar-refractivity contribution < 1.29 is 4.79 Å². The number of hydrogen-bond donors (Lipinski definition) is 2. The summed E-state index contributed by atoms with van der Waals surface area (Å²) in [4.78, 5) is 12.2. The van der Waals surface area contributed by atoms with Gasteiger partial charge in [-0.1, -0.05) is 18.6 Å². The normalized spacial score (nSPS) is 16.9. The number of H-pyrrole nitrogens is 1. The van der Waals surface area contributed by atoms with E-state index in [2.05, 4.69) is 15.6 Å². The number of amides is 1. The van der Waals surface area contributed by atoms with Crippen molar-refractivity contribution in [3.63, 3.8) is 0 Å². The van der Waals surface area contributed by atoms with Crippen molar-refractivity contribution in [3.05, 3.63) is 30.0 Å². The zero-order valence-electron chi connectivity index (χ0n) is 10.1. The summed E-state index contributed by atoms with van der Waals surface area (Å²) in [5.74, 6) is -0.0744. The highest BCUT2D eigenvalue weighted by Gasteiger charge is 2.16. The van der Waals surface area contributed by atoms with Crippen LogP contribution in [0.5, 0.6) is 0 Å². The van der Waals surface area contributed by atoms with E-state index < -0.39 is 0 Å². The predicted octanol–water partition coefficient (Wildman–Crippen LogP) is 1.69. The standard InChI is InChI=1S/C13H16N4O/c18-13(16-17-7-2-1-3-8-17)11-6-4-5-10-9-14-15-12(10)11/h4-6,9H,1-3,7-8H2,(H,14,15)(H,16,18). The van der Waals surface area contributed by atoms with E-state index in [0.29, 0.717) is 5.56 Å². The summed E-state index contributed by atoms with van der Waals surface area (Å²) in [6, 6.07) is 5.63. The number of aromatic amines is 1. The Labute approximate surface area is 105 Å². The first-order chi connectivity index (χ1) is 8.84. The van der Waals surface area contributed by atoms with E-state index in [1.54, 1.807) is 6.20 Å². The number of nitrogens with one attached hydrogen (secondary N) is 2. The maximum absolute atomic E-state index is 12.2. The lowest BCUT2D eigenvalue weighted by atomic mass is 10.1. The smallest absolute Gasteiger partial charge is 0.267 e. The van der Waals surface area contributed by atoms with Crippen LogP contribution in [0, 0.1) is 0 Å². The number of benzene rings is 1. The van der Waals surface area contributed by atoms with E-state index in [1.165, 1.54) is 6.42 Å². The Morgan fingerprint density at radius 3 is 2.94 bits per heavy atom. The van der Waals surface area contributed by atoms with Gasteiger partial charge in [0.05, 0.1) is 5.56 Å². The molecule has 1 aliphatic heterocycles. The highest BCUT2D eigenvalue weighted by Crippen LogP contribution is 2.16. The minimum atomic E-state index is -0.0744. The Morgan fingerprint density at radius 2 is 2.11 bits per heavy atom. The fourth-order valence-corrected chi connectivity index (χ4v) is 2.36. The second-order valence-corrected chi connectivity index (χ2v) is 4.62. The Morgan fingerprint density at radius 1 is 1.28 bits per heavy atom. The molecule has 5 nitrogen and oxygen atoms in total. The lowest BCUT2D eigenvalue weighted by Crippen LogP contribution is -2.45. The molecule has 94 valence electrons. The fraction of sp³-hybridized carbons (Fsp3) is 0.385. The first kappa shape index (κ1) is 11.2. The molecule has 5 heteroatoms. The Balaban J connectivity index is 1.81. The number of hydrogen-bond acceptors (Lipinski definition) is 3. The van der Waals surface area contributed by atoms with Crippen LogP contribution >= 0.6 is 0 Å². The number of hydrazine groups is 1. The summed E-state index contributed by atoms with van der Waals surface area (Å²) in [7, 11) is 0. The summed E-state index contributed by atoms with van der Waals surface area (Å²) in [6.45, 7) is 1.87. The van der Waals surface area contributed by atoms with E-state index in [0.717, 1.165) is 36.8 Å². The van der Waals surface area contributed by atoms with Crippen molar-refractivity contribution in [1.82, 2.24) is 20.6 Å². The van der Waals surface area contributed by atoms with Gasteiger partial charge in [-0.25, -0.2) is 5.01 Å². The van der Waals surface area contributed by atoms with Gasteiger partial charge in [0.2, 0.25) is 0 Å². The molecule has 3 rings (SSSR count). The summed E-state index contributed by atoms with van der Waals surface area (Å²) in [6.07, 6.45) is 5.34. The van der Waals surface area contributed by atoms with Crippen LogP contribution in [0.3, 0.4) is 0 Å². The zero-order valence-corrected chi connectivity index (χ0v) is 10.1. The number of nitrogens with zero attached hydrogens (tertiary/aromatic N) is 2. The van der Waals surface area contributed by atoms with Crippen LogP contribution in [-0.4, -0.2) is 34.2 Å². The Bertz CT molecular complexity index is 557. The summed E-state index contributed by atoms with van der Waals surface area (Å²) < 4.78 is 0. The lowest BCUT2D eigenvalue weighted by molar-refractivity contribution is 0.0751. The van der Waals surface area contributed by atoms with Gasteiger partial charge in [0, 0.05) is 24.7 Å². The van der Waals surface area contributed by atoms with Gasteiger partial charge >= 0.3 is 0 Å². The minimum absolute atomic E-state index is 0.0744. The van der Waals surface area contributed by atoms with Crippen molar-refractivity contribution in [2.24, 2.45) is 0 Å². The SMILES string of the molecule is O=C(NN1CCCCC1)c1cccc2c[nH]nc12. The van der Waals surface area contributed by atoms with Gasteiger partial charge in [-0.05, 0) is 18.9 Å². The molecular formula is C13H16N4O. The lowest BCUT2D eigenvalue weighted by Gasteiger charge is -2.26. The molecule has 2 N–H and O–H groups in total. The van der Waals surface area contributed by atoms with Crippen molar-refractivity contribution >= 4 is 16.8 Å². The number of para-hydroxylation sites is 1. The van der Waals surface area contributed by atoms with Crippen molar-refractivity contribution in [2.75, 3.05) is 13.1 Å². The monoisotopic (exact) mass is 244 g/mol. The van der Waals surface area contributed by atoms with Crippen molar-refractivity contribution in [1.29, 1.82) is 0 Å². The largest absolute Gasteiger partial charge is 0.285 e. The number of carbonyl (C=O) groups is 1. The summed E-state index contributed by atoms with van der Waals surface area (Å²) in [5.41, 5.74) is 4.31. The maximum Gasteiger partial charge on any atom is 0.267 e. The average Bonchev–Trinajstić information content (AvgIpc) is 2.87. The number of rotatable bonds is 2. The third-order valence-electron chi connectivity index (χ3n) is 3.32. The molecule has 1 fully saturated rings. The number of piperidine rings is 1. The molecule has 1 aromatic heterocycles. The molecular weight excluding hydrogens is 228 g/mol. The molecule has 0 atom stereocenters. The van der Waals surface area contributed by atoms with Crippen LogP contribution in [-0.2, 0) is 0 Å². The van der Waals surface area contributed by atoms with Crippen molar-refractivity contribution in [2.45, 2.75) is 19.3 Å². The van der Waals surface area contributed by atoms with Gasteiger partial charge in [0.15, 0.2) is 0 Å². The molecule has 0 saturated carbocycles. The Hall–Kier alpha value is -1.88. The van der Waals surface area contributed by atoms with Gasteiger partial charge in [-0.3, -0.25) is 15.3 Å². The minimum Gasteiger partial charge on any atom is -0.285 e. The summed E-state index contributed by atoms with van der Waals surface area (Å²) >= 11 is 0. The highest BCUT2D eigenvalue weighted by molar-refractivity contribution is 6.05. The van der Waals surface area contributed by atoms with Gasteiger partial charge in [0.25, 0.3) is 5.91 Å². The molecule has 0 spiro atoms. The van der Waals surface area contributed by atoms with E-state index in [1.807, 2.05) is 23.2 Å². The second kappa shape index (κ2) is 4.78. The molecule has 0 bridgehead atoms. The summed E-state index contributed by atoms with van der Waals surface area (Å²) in [5, 5.41) is 9.88.